The lowest BCUT2D eigenvalue weighted by Gasteiger charge is -2.35. The molecule has 23 heavy (non-hydrogen) atoms. The van der Waals surface area contributed by atoms with E-state index in [9.17, 15) is 14.4 Å². The first-order chi connectivity index (χ1) is 11.1. The number of hydrogen-bond acceptors (Lipinski definition) is 4. The fourth-order valence-corrected chi connectivity index (χ4v) is 3.42. The Balaban J connectivity index is 1.64. The molecule has 0 saturated carbocycles. The predicted octanol–water partition coefficient (Wildman–Crippen LogP) is 1.86. The van der Waals surface area contributed by atoms with Gasteiger partial charge in [0.15, 0.2) is 0 Å². The van der Waals surface area contributed by atoms with E-state index in [4.69, 9.17) is 0 Å². The number of pyridine rings is 1. The third kappa shape index (κ3) is 2.85. The molecule has 1 aromatic rings. The average Bonchev–Trinajstić information content (AvgIpc) is 2.84. The molecule has 0 N–H and O–H groups in total. The van der Waals surface area contributed by atoms with Crippen LogP contribution in [0.5, 0.6) is 0 Å². The molecule has 3 rings (SSSR count). The summed E-state index contributed by atoms with van der Waals surface area (Å²) >= 11 is 0. The van der Waals surface area contributed by atoms with Crippen LogP contribution in [0.3, 0.4) is 0 Å². The normalized spacial score (nSPS) is 20.8. The number of nitrogens with zero attached hydrogens (tertiary/aromatic N) is 3. The Morgan fingerprint density at radius 1 is 1.30 bits per heavy atom. The third-order valence-electron chi connectivity index (χ3n) is 4.70. The van der Waals surface area contributed by atoms with Gasteiger partial charge >= 0.3 is 0 Å². The van der Waals surface area contributed by atoms with Crippen LogP contribution in [0, 0.1) is 0 Å². The average molecular weight is 315 g/mol. The van der Waals surface area contributed by atoms with Crippen molar-refractivity contribution in [1.29, 1.82) is 0 Å². The molecule has 1 unspecified atom stereocenters. The minimum absolute atomic E-state index is 0.0288. The summed E-state index contributed by atoms with van der Waals surface area (Å²) in [6, 6.07) is 3.53. The van der Waals surface area contributed by atoms with E-state index in [-0.39, 0.29) is 30.5 Å². The molecule has 1 aromatic heterocycles. The van der Waals surface area contributed by atoms with Gasteiger partial charge in [0.25, 0.3) is 11.8 Å². The predicted molar refractivity (Wildman–Crippen MR) is 83.9 cm³/mol. The number of carbonyl (C=O) groups excluding carboxylic acids is 3. The van der Waals surface area contributed by atoms with Crippen LogP contribution in [0.1, 0.15) is 59.9 Å². The van der Waals surface area contributed by atoms with Gasteiger partial charge in [0, 0.05) is 31.7 Å². The number of hydrogen-bond donors (Lipinski definition) is 0. The summed E-state index contributed by atoms with van der Waals surface area (Å²) in [7, 11) is 0. The number of piperidine rings is 1. The molecule has 3 heterocycles. The molecule has 1 fully saturated rings. The standard InChI is InChI=1S/C17H21N3O3/c1-2-12-6-3-4-10-19(12)14(21)8-11-20-16(22)13-7-5-9-18-15(13)17(20)23/h5,7,9,12H,2-4,6,8,10-11H2,1H3. The number of carbonyl (C=O) groups is 3. The van der Waals surface area contributed by atoms with Gasteiger partial charge in [0.2, 0.25) is 5.91 Å². The van der Waals surface area contributed by atoms with Crippen LogP contribution in [0.4, 0.5) is 0 Å². The highest BCUT2D eigenvalue weighted by Gasteiger charge is 2.37. The molecule has 1 saturated heterocycles. The highest BCUT2D eigenvalue weighted by atomic mass is 16.2. The smallest absolute Gasteiger partial charge is 0.280 e. The van der Waals surface area contributed by atoms with E-state index < -0.39 is 5.91 Å². The molecule has 0 aliphatic carbocycles. The lowest BCUT2D eigenvalue weighted by Crippen LogP contribution is -2.44. The SMILES string of the molecule is CCC1CCCCN1C(=O)CCN1C(=O)c2cccnc2C1=O. The van der Waals surface area contributed by atoms with E-state index in [1.54, 1.807) is 12.1 Å². The van der Waals surface area contributed by atoms with Gasteiger partial charge in [0.1, 0.15) is 5.69 Å². The van der Waals surface area contributed by atoms with Gasteiger partial charge in [-0.25, -0.2) is 0 Å². The minimum Gasteiger partial charge on any atom is -0.340 e. The van der Waals surface area contributed by atoms with Crippen molar-refractivity contribution in [2.45, 2.75) is 45.1 Å². The minimum atomic E-state index is -0.399. The number of aromatic nitrogens is 1. The zero-order chi connectivity index (χ0) is 16.4. The molecule has 6 heteroatoms. The van der Waals surface area contributed by atoms with Crippen LogP contribution in [0.2, 0.25) is 0 Å². The van der Waals surface area contributed by atoms with E-state index in [0.717, 1.165) is 37.1 Å². The van der Waals surface area contributed by atoms with Crippen molar-refractivity contribution in [3.8, 4) is 0 Å². The maximum atomic E-state index is 12.5. The lowest BCUT2D eigenvalue weighted by atomic mass is 9.99. The Morgan fingerprint density at radius 3 is 2.87 bits per heavy atom. The Bertz CT molecular complexity index is 609. The van der Waals surface area contributed by atoms with Crippen molar-refractivity contribution >= 4 is 17.7 Å². The highest BCUT2D eigenvalue weighted by molar-refractivity contribution is 6.20. The molecule has 122 valence electrons. The van der Waals surface area contributed by atoms with Crippen LogP contribution in [-0.4, -0.2) is 51.6 Å². The molecule has 2 aliphatic rings. The number of imide groups is 1. The molecule has 3 amide bonds. The van der Waals surface area contributed by atoms with Gasteiger partial charge in [-0.3, -0.25) is 24.3 Å². The molecule has 0 aromatic carbocycles. The lowest BCUT2D eigenvalue weighted by molar-refractivity contribution is -0.135. The molecule has 6 nitrogen and oxygen atoms in total. The van der Waals surface area contributed by atoms with Gasteiger partial charge in [-0.2, -0.15) is 0 Å². The van der Waals surface area contributed by atoms with Crippen LogP contribution in [-0.2, 0) is 4.79 Å². The summed E-state index contributed by atoms with van der Waals surface area (Å²) < 4.78 is 0. The monoisotopic (exact) mass is 315 g/mol. The van der Waals surface area contributed by atoms with Gasteiger partial charge < -0.3 is 4.90 Å². The van der Waals surface area contributed by atoms with Gasteiger partial charge in [-0.05, 0) is 37.8 Å². The van der Waals surface area contributed by atoms with Crippen molar-refractivity contribution in [3.63, 3.8) is 0 Å². The summed E-state index contributed by atoms with van der Waals surface area (Å²) in [5, 5.41) is 0. The molecule has 1 atom stereocenters. The number of likely N-dealkylation sites (tertiary alicyclic amines) is 1. The van der Waals surface area contributed by atoms with Crippen molar-refractivity contribution in [3.05, 3.63) is 29.6 Å². The number of fused-ring (bicyclic) bond motifs is 1. The third-order valence-corrected chi connectivity index (χ3v) is 4.70. The summed E-state index contributed by atoms with van der Waals surface area (Å²) in [6.45, 7) is 2.99. The fourth-order valence-electron chi connectivity index (χ4n) is 3.42. The van der Waals surface area contributed by atoms with Crippen LogP contribution >= 0.6 is 0 Å². The maximum Gasteiger partial charge on any atom is 0.280 e. The van der Waals surface area contributed by atoms with Gasteiger partial charge in [0.05, 0.1) is 5.56 Å². The molecular weight excluding hydrogens is 294 g/mol. The van der Waals surface area contributed by atoms with E-state index in [1.807, 2.05) is 4.90 Å². The molecule has 0 spiro atoms. The van der Waals surface area contributed by atoms with E-state index in [2.05, 4.69) is 11.9 Å². The van der Waals surface area contributed by atoms with E-state index in [1.165, 1.54) is 6.20 Å². The zero-order valence-electron chi connectivity index (χ0n) is 13.3. The quantitative estimate of drug-likeness (QED) is 0.795. The first-order valence-electron chi connectivity index (χ1n) is 8.24. The second-order valence-corrected chi connectivity index (χ2v) is 6.06. The zero-order valence-corrected chi connectivity index (χ0v) is 13.3. The molecular formula is C17H21N3O3. The molecule has 0 bridgehead atoms. The second-order valence-electron chi connectivity index (χ2n) is 6.06. The van der Waals surface area contributed by atoms with Crippen LogP contribution in [0.15, 0.2) is 18.3 Å². The summed E-state index contributed by atoms with van der Waals surface area (Å²) in [5.41, 5.74) is 0.517. The topological polar surface area (TPSA) is 70.6 Å². The summed E-state index contributed by atoms with van der Waals surface area (Å²) in [5.74, 6) is -0.721. The van der Waals surface area contributed by atoms with Crippen molar-refractivity contribution < 1.29 is 14.4 Å². The summed E-state index contributed by atoms with van der Waals surface area (Å²) in [4.78, 5) is 44.0. The largest absolute Gasteiger partial charge is 0.340 e. The first kappa shape index (κ1) is 15.6. The Kier molecular flexibility index (Phi) is 4.41. The Hall–Kier alpha value is -2.24. The summed E-state index contributed by atoms with van der Waals surface area (Å²) in [6.07, 6.45) is 5.85. The maximum absolute atomic E-state index is 12.5. The van der Waals surface area contributed by atoms with Crippen molar-refractivity contribution in [1.82, 2.24) is 14.8 Å². The number of rotatable bonds is 4. The molecule has 2 aliphatic heterocycles. The van der Waals surface area contributed by atoms with Gasteiger partial charge in [-0.1, -0.05) is 6.92 Å². The Morgan fingerprint density at radius 2 is 2.13 bits per heavy atom. The van der Waals surface area contributed by atoms with Gasteiger partial charge in [-0.15, -0.1) is 0 Å². The van der Waals surface area contributed by atoms with Crippen LogP contribution < -0.4 is 0 Å². The fraction of sp³-hybridized carbons (Fsp3) is 0.529. The van der Waals surface area contributed by atoms with Crippen molar-refractivity contribution in [2.24, 2.45) is 0 Å². The number of amides is 3. The van der Waals surface area contributed by atoms with Crippen LogP contribution in [0.25, 0.3) is 0 Å². The van der Waals surface area contributed by atoms with E-state index in [0.29, 0.717) is 11.6 Å². The van der Waals surface area contributed by atoms with E-state index >= 15 is 0 Å². The Labute approximate surface area is 135 Å². The first-order valence-corrected chi connectivity index (χ1v) is 8.24. The second kappa shape index (κ2) is 6.48. The molecule has 0 radical (unpaired) electrons. The highest BCUT2D eigenvalue weighted by Crippen LogP contribution is 2.23. The van der Waals surface area contributed by atoms with Crippen molar-refractivity contribution in [2.75, 3.05) is 13.1 Å².